The molecular weight excluding hydrogens is 344 g/mol. The molecule has 1 aliphatic carbocycles. The molecule has 0 spiro atoms. The van der Waals surface area contributed by atoms with E-state index in [1.54, 1.807) is 12.1 Å². The molecule has 1 aliphatic rings. The fourth-order valence-electron chi connectivity index (χ4n) is 2.80. The second-order valence-corrected chi connectivity index (χ2v) is 7.84. The molecular formula is C17H24N2O5S. The first-order valence-corrected chi connectivity index (χ1v) is 9.88. The number of esters is 1. The molecule has 0 atom stereocenters. The lowest BCUT2D eigenvalue weighted by molar-refractivity contribution is -0.140. The van der Waals surface area contributed by atoms with Crippen molar-refractivity contribution in [2.24, 2.45) is 5.92 Å². The van der Waals surface area contributed by atoms with E-state index in [0.717, 1.165) is 25.7 Å². The fraction of sp³-hybridized carbons (Fsp3) is 0.529. The number of nitrogens with one attached hydrogen (secondary N) is 2. The summed E-state index contributed by atoms with van der Waals surface area (Å²) in [7, 11) is -2.45. The molecule has 7 nitrogen and oxygen atoms in total. The van der Waals surface area contributed by atoms with Crippen molar-refractivity contribution in [1.82, 2.24) is 4.72 Å². The maximum Gasteiger partial charge on any atom is 0.306 e. The molecule has 8 heteroatoms. The zero-order valence-corrected chi connectivity index (χ0v) is 15.1. The molecule has 2 N–H and O–H groups in total. The molecule has 138 valence electrons. The van der Waals surface area contributed by atoms with Crippen LogP contribution in [0.5, 0.6) is 0 Å². The summed E-state index contributed by atoms with van der Waals surface area (Å²) in [6.07, 6.45) is 5.11. The Morgan fingerprint density at radius 1 is 1.12 bits per heavy atom. The molecule has 0 unspecified atom stereocenters. The first-order chi connectivity index (χ1) is 11.9. The third kappa shape index (κ3) is 5.82. The molecule has 2 rings (SSSR count). The van der Waals surface area contributed by atoms with Gasteiger partial charge in [-0.2, -0.15) is 0 Å². The van der Waals surface area contributed by atoms with E-state index in [1.807, 2.05) is 0 Å². The standard InChI is InChI=1S/C17H24N2O5S/c1-24-16(20)11-12-18-25(22,23)15-9-7-14(8-10-15)19-17(21)13-5-3-2-4-6-13/h7-10,13,18H,2-6,11-12H2,1H3,(H,19,21). The average Bonchev–Trinajstić information content (AvgIpc) is 2.62. The maximum absolute atomic E-state index is 12.2. The van der Waals surface area contributed by atoms with E-state index in [0.29, 0.717) is 5.69 Å². The summed E-state index contributed by atoms with van der Waals surface area (Å²) in [4.78, 5) is 23.3. The summed E-state index contributed by atoms with van der Waals surface area (Å²) >= 11 is 0. The second-order valence-electron chi connectivity index (χ2n) is 6.07. The van der Waals surface area contributed by atoms with Crippen LogP contribution in [-0.2, 0) is 24.3 Å². The number of rotatable bonds is 7. The summed E-state index contributed by atoms with van der Waals surface area (Å²) in [5, 5.41) is 2.84. The van der Waals surface area contributed by atoms with Gasteiger partial charge in [0.1, 0.15) is 0 Å². The van der Waals surface area contributed by atoms with Gasteiger partial charge in [-0.15, -0.1) is 0 Å². The molecule has 0 bridgehead atoms. The highest BCUT2D eigenvalue weighted by Gasteiger charge is 2.21. The van der Waals surface area contributed by atoms with E-state index in [-0.39, 0.29) is 29.7 Å². The summed E-state index contributed by atoms with van der Waals surface area (Å²) in [5.41, 5.74) is 0.573. The van der Waals surface area contributed by atoms with Crippen molar-refractivity contribution in [1.29, 1.82) is 0 Å². The van der Waals surface area contributed by atoms with E-state index in [9.17, 15) is 18.0 Å². The van der Waals surface area contributed by atoms with Crippen LogP contribution in [0.1, 0.15) is 38.5 Å². The number of benzene rings is 1. The number of anilines is 1. The zero-order valence-electron chi connectivity index (χ0n) is 14.3. The quantitative estimate of drug-likeness (QED) is 0.717. The molecule has 0 saturated heterocycles. The lowest BCUT2D eigenvalue weighted by atomic mass is 9.88. The molecule has 1 amide bonds. The molecule has 1 fully saturated rings. The number of hydrogen-bond acceptors (Lipinski definition) is 5. The Bertz CT molecular complexity index is 694. The van der Waals surface area contributed by atoms with Gasteiger partial charge >= 0.3 is 5.97 Å². The van der Waals surface area contributed by atoms with Crippen LogP contribution in [0.4, 0.5) is 5.69 Å². The number of amides is 1. The van der Waals surface area contributed by atoms with Crippen molar-refractivity contribution in [3.8, 4) is 0 Å². The predicted octanol–water partition coefficient (Wildman–Crippen LogP) is 2.05. The molecule has 0 aliphatic heterocycles. The molecule has 1 saturated carbocycles. The number of methoxy groups -OCH3 is 1. The van der Waals surface area contributed by atoms with Crippen LogP contribution in [0.3, 0.4) is 0 Å². The summed E-state index contributed by atoms with van der Waals surface area (Å²) < 4.78 is 31.1. The Morgan fingerprint density at radius 2 is 1.76 bits per heavy atom. The summed E-state index contributed by atoms with van der Waals surface area (Å²) in [6.45, 7) is -0.0326. The minimum Gasteiger partial charge on any atom is -0.469 e. The fourth-order valence-corrected chi connectivity index (χ4v) is 3.83. The van der Waals surface area contributed by atoms with Gasteiger partial charge in [-0.1, -0.05) is 19.3 Å². The molecule has 25 heavy (non-hydrogen) atoms. The Morgan fingerprint density at radius 3 is 2.36 bits per heavy atom. The SMILES string of the molecule is COC(=O)CCNS(=O)(=O)c1ccc(NC(=O)C2CCCCC2)cc1. The third-order valence-corrected chi connectivity index (χ3v) is 5.73. The van der Waals surface area contributed by atoms with Crippen molar-refractivity contribution in [3.05, 3.63) is 24.3 Å². The Labute approximate surface area is 148 Å². The monoisotopic (exact) mass is 368 g/mol. The van der Waals surface area contributed by atoms with Crippen molar-refractivity contribution >= 4 is 27.6 Å². The molecule has 1 aromatic carbocycles. The Kier molecular flexibility index (Phi) is 6.95. The summed E-state index contributed by atoms with van der Waals surface area (Å²) in [5.74, 6) is -0.452. The highest BCUT2D eigenvalue weighted by atomic mass is 32.2. The van der Waals surface area contributed by atoms with Gasteiger partial charge in [0.05, 0.1) is 18.4 Å². The van der Waals surface area contributed by atoms with Gasteiger partial charge in [-0.3, -0.25) is 9.59 Å². The largest absolute Gasteiger partial charge is 0.469 e. The van der Waals surface area contributed by atoms with E-state index in [1.165, 1.54) is 25.7 Å². The molecule has 1 aromatic rings. The van der Waals surface area contributed by atoms with Crippen LogP contribution in [0.25, 0.3) is 0 Å². The van der Waals surface area contributed by atoms with Crippen LogP contribution in [0.2, 0.25) is 0 Å². The van der Waals surface area contributed by atoms with Gasteiger partial charge in [-0.05, 0) is 37.1 Å². The highest BCUT2D eigenvalue weighted by molar-refractivity contribution is 7.89. The van der Waals surface area contributed by atoms with Crippen molar-refractivity contribution in [2.75, 3.05) is 19.0 Å². The molecule has 0 aromatic heterocycles. The smallest absolute Gasteiger partial charge is 0.306 e. The van der Waals surface area contributed by atoms with Gasteiger partial charge in [0, 0.05) is 18.2 Å². The van der Waals surface area contributed by atoms with E-state index in [2.05, 4.69) is 14.8 Å². The number of carbonyl (C=O) groups is 2. The van der Waals surface area contributed by atoms with Gasteiger partial charge < -0.3 is 10.1 Å². The summed E-state index contributed by atoms with van der Waals surface area (Å²) in [6, 6.07) is 5.99. The van der Waals surface area contributed by atoms with Crippen LogP contribution in [0.15, 0.2) is 29.2 Å². The highest BCUT2D eigenvalue weighted by Crippen LogP contribution is 2.25. The van der Waals surface area contributed by atoms with Crippen molar-refractivity contribution in [2.45, 2.75) is 43.4 Å². The normalized spacial score (nSPS) is 15.6. The number of carbonyl (C=O) groups excluding carboxylic acids is 2. The number of sulfonamides is 1. The van der Waals surface area contributed by atoms with Gasteiger partial charge in [-0.25, -0.2) is 13.1 Å². The average molecular weight is 368 g/mol. The van der Waals surface area contributed by atoms with E-state index >= 15 is 0 Å². The first-order valence-electron chi connectivity index (χ1n) is 8.40. The zero-order chi connectivity index (χ0) is 18.3. The van der Waals surface area contributed by atoms with Crippen LogP contribution >= 0.6 is 0 Å². The topological polar surface area (TPSA) is 102 Å². The van der Waals surface area contributed by atoms with Gasteiger partial charge in [0.25, 0.3) is 0 Å². The van der Waals surface area contributed by atoms with Crippen molar-refractivity contribution < 1.29 is 22.7 Å². The third-order valence-electron chi connectivity index (χ3n) is 4.26. The predicted molar refractivity (Wildman–Crippen MR) is 93.5 cm³/mol. The lowest BCUT2D eigenvalue weighted by Crippen LogP contribution is -2.27. The van der Waals surface area contributed by atoms with Crippen LogP contribution in [-0.4, -0.2) is 33.9 Å². The van der Waals surface area contributed by atoms with Crippen LogP contribution < -0.4 is 10.0 Å². The maximum atomic E-state index is 12.2. The molecule has 0 radical (unpaired) electrons. The van der Waals surface area contributed by atoms with Gasteiger partial charge in [0.15, 0.2) is 0 Å². The lowest BCUT2D eigenvalue weighted by Gasteiger charge is -2.20. The number of ether oxygens (including phenoxy) is 1. The minimum atomic E-state index is -3.70. The second kappa shape index (κ2) is 8.96. The number of hydrogen-bond donors (Lipinski definition) is 2. The minimum absolute atomic E-state index is 0.00786. The van der Waals surface area contributed by atoms with Crippen molar-refractivity contribution in [3.63, 3.8) is 0 Å². The Hall–Kier alpha value is -1.93. The van der Waals surface area contributed by atoms with E-state index in [4.69, 9.17) is 0 Å². The van der Waals surface area contributed by atoms with Crippen LogP contribution in [0, 0.1) is 5.92 Å². The van der Waals surface area contributed by atoms with E-state index < -0.39 is 16.0 Å². The first kappa shape index (κ1) is 19.4. The molecule has 0 heterocycles. The Balaban J connectivity index is 1.91. The van der Waals surface area contributed by atoms with Gasteiger partial charge in [0.2, 0.25) is 15.9 Å².